The van der Waals surface area contributed by atoms with Crippen molar-refractivity contribution in [2.24, 2.45) is 5.92 Å². The summed E-state index contributed by atoms with van der Waals surface area (Å²) in [5.74, 6) is 0.402. The number of hydrogen-bond acceptors (Lipinski definition) is 4. The van der Waals surface area contributed by atoms with Gasteiger partial charge in [0, 0.05) is 25.1 Å². The normalized spacial score (nSPS) is 12.7. The summed E-state index contributed by atoms with van der Waals surface area (Å²) in [5, 5.41) is 7.86. The predicted molar refractivity (Wildman–Crippen MR) is 76.7 cm³/mol. The van der Waals surface area contributed by atoms with Crippen molar-refractivity contribution in [3.8, 4) is 0 Å². The Morgan fingerprint density at radius 1 is 1.33 bits per heavy atom. The Kier molecular flexibility index (Phi) is 5.90. The van der Waals surface area contributed by atoms with E-state index in [0.717, 1.165) is 0 Å². The number of nitrogens with zero attached hydrogens (tertiary/aromatic N) is 3. The molecule has 1 aromatic rings. The Bertz CT molecular complexity index is 427. The van der Waals surface area contributed by atoms with Gasteiger partial charge in [0.1, 0.15) is 5.78 Å². The topological polar surface area (TPSA) is 64.8 Å². The SMILES string of the molecule is CC(C)C(=O)CCn1cc(CC(=O)C(C)I)nn1. The zero-order valence-corrected chi connectivity index (χ0v) is 13.0. The van der Waals surface area contributed by atoms with E-state index >= 15 is 0 Å². The molecule has 0 N–H and O–H groups in total. The summed E-state index contributed by atoms with van der Waals surface area (Å²) in [5.41, 5.74) is 0.667. The van der Waals surface area contributed by atoms with Gasteiger partial charge >= 0.3 is 0 Å². The molecule has 0 fully saturated rings. The van der Waals surface area contributed by atoms with E-state index in [9.17, 15) is 9.59 Å². The van der Waals surface area contributed by atoms with Crippen LogP contribution >= 0.6 is 22.6 Å². The molecule has 0 saturated carbocycles. The van der Waals surface area contributed by atoms with Crippen LogP contribution in [0.1, 0.15) is 32.9 Å². The molecule has 18 heavy (non-hydrogen) atoms. The molecule has 0 aliphatic heterocycles. The number of hydrogen-bond donors (Lipinski definition) is 0. The summed E-state index contributed by atoms with van der Waals surface area (Å²) in [6.45, 7) is 6.15. The molecule has 0 aliphatic rings. The zero-order chi connectivity index (χ0) is 13.7. The molecular formula is C12H18IN3O2. The third-order valence-electron chi connectivity index (χ3n) is 2.62. The second kappa shape index (κ2) is 6.96. The highest BCUT2D eigenvalue weighted by Crippen LogP contribution is 2.06. The van der Waals surface area contributed by atoms with E-state index in [2.05, 4.69) is 32.9 Å². The van der Waals surface area contributed by atoms with E-state index in [1.165, 1.54) is 0 Å². The Balaban J connectivity index is 2.48. The third kappa shape index (κ3) is 4.83. The lowest BCUT2D eigenvalue weighted by Crippen LogP contribution is -2.12. The van der Waals surface area contributed by atoms with Gasteiger partial charge in [-0.2, -0.15) is 0 Å². The number of carbonyl (C=O) groups excluding carboxylic acids is 2. The number of halogens is 1. The first kappa shape index (κ1) is 15.3. The molecule has 1 aromatic heterocycles. The number of carbonyl (C=O) groups is 2. The molecule has 1 unspecified atom stereocenters. The maximum atomic E-state index is 11.5. The lowest BCUT2D eigenvalue weighted by atomic mass is 10.1. The lowest BCUT2D eigenvalue weighted by Gasteiger charge is -2.03. The molecule has 1 rings (SSSR count). The summed E-state index contributed by atoms with van der Waals surface area (Å²) >= 11 is 2.09. The molecule has 1 atom stereocenters. The maximum Gasteiger partial charge on any atom is 0.151 e. The van der Waals surface area contributed by atoms with Gasteiger partial charge in [-0.3, -0.25) is 14.3 Å². The second-order valence-electron chi connectivity index (χ2n) is 4.60. The van der Waals surface area contributed by atoms with E-state index in [4.69, 9.17) is 0 Å². The van der Waals surface area contributed by atoms with Crippen molar-refractivity contribution in [2.45, 2.75) is 44.1 Å². The molecule has 5 nitrogen and oxygen atoms in total. The van der Waals surface area contributed by atoms with Crippen molar-refractivity contribution in [3.63, 3.8) is 0 Å². The van der Waals surface area contributed by atoms with Crippen molar-refractivity contribution >= 4 is 34.2 Å². The largest absolute Gasteiger partial charge is 0.299 e. The molecule has 0 spiro atoms. The Morgan fingerprint density at radius 3 is 2.56 bits per heavy atom. The smallest absolute Gasteiger partial charge is 0.151 e. The molecule has 1 heterocycles. The van der Waals surface area contributed by atoms with E-state index < -0.39 is 0 Å². The lowest BCUT2D eigenvalue weighted by molar-refractivity contribution is -0.122. The van der Waals surface area contributed by atoms with E-state index in [1.54, 1.807) is 10.9 Å². The molecule has 6 heteroatoms. The van der Waals surface area contributed by atoms with E-state index in [-0.39, 0.29) is 21.4 Å². The number of Topliss-reactive ketones (excluding diaryl/α,β-unsaturated/α-hetero) is 2. The summed E-state index contributed by atoms with van der Waals surface area (Å²) in [7, 11) is 0. The van der Waals surface area contributed by atoms with Crippen molar-refractivity contribution in [1.29, 1.82) is 0 Å². The van der Waals surface area contributed by atoms with Gasteiger partial charge in [0.25, 0.3) is 0 Å². The van der Waals surface area contributed by atoms with Crippen molar-refractivity contribution in [2.75, 3.05) is 0 Å². The van der Waals surface area contributed by atoms with Crippen LogP contribution in [0.4, 0.5) is 0 Å². The third-order valence-corrected chi connectivity index (χ3v) is 3.31. The maximum absolute atomic E-state index is 11.5. The first-order valence-electron chi connectivity index (χ1n) is 5.98. The van der Waals surface area contributed by atoms with Gasteiger partial charge in [-0.05, 0) is 6.92 Å². The minimum atomic E-state index is -0.0183. The van der Waals surface area contributed by atoms with Gasteiger partial charge < -0.3 is 0 Å². The zero-order valence-electron chi connectivity index (χ0n) is 10.9. The molecule has 0 aromatic carbocycles. The van der Waals surface area contributed by atoms with Crippen LogP contribution in [-0.2, 0) is 22.6 Å². The van der Waals surface area contributed by atoms with Crippen LogP contribution in [-0.4, -0.2) is 30.5 Å². The average molecular weight is 363 g/mol. The molecule has 0 saturated heterocycles. The van der Waals surface area contributed by atoms with Gasteiger partial charge in [-0.1, -0.05) is 41.7 Å². The van der Waals surface area contributed by atoms with Crippen LogP contribution in [0.15, 0.2) is 6.20 Å². The minimum absolute atomic E-state index is 0.0183. The highest BCUT2D eigenvalue weighted by molar-refractivity contribution is 14.1. The van der Waals surface area contributed by atoms with Gasteiger partial charge in [0.15, 0.2) is 5.78 Å². The number of alkyl halides is 1. The Hall–Kier alpha value is -0.790. The van der Waals surface area contributed by atoms with Gasteiger partial charge in [-0.15, -0.1) is 5.10 Å². The van der Waals surface area contributed by atoms with Crippen molar-refractivity contribution < 1.29 is 9.59 Å². The standard InChI is InChI=1S/C12H18IN3O2/c1-8(2)11(17)4-5-16-7-10(14-15-16)6-12(18)9(3)13/h7-9H,4-6H2,1-3H3. The summed E-state index contributed by atoms with van der Waals surface area (Å²) in [6.07, 6.45) is 2.50. The summed E-state index contributed by atoms with van der Waals surface area (Å²) in [4.78, 5) is 23.0. The predicted octanol–water partition coefficient (Wildman–Crippen LogP) is 1.83. The van der Waals surface area contributed by atoms with Crippen LogP contribution < -0.4 is 0 Å². The fourth-order valence-corrected chi connectivity index (χ4v) is 1.58. The quantitative estimate of drug-likeness (QED) is 0.548. The number of aromatic nitrogens is 3. The number of ketones is 2. The summed E-state index contributed by atoms with van der Waals surface area (Å²) < 4.78 is 1.61. The Morgan fingerprint density at radius 2 is 2.00 bits per heavy atom. The fourth-order valence-electron chi connectivity index (χ4n) is 1.36. The number of rotatable bonds is 7. The second-order valence-corrected chi connectivity index (χ2v) is 6.47. The van der Waals surface area contributed by atoms with Crippen LogP contribution in [0.2, 0.25) is 0 Å². The van der Waals surface area contributed by atoms with Crippen LogP contribution in [0.5, 0.6) is 0 Å². The first-order valence-corrected chi connectivity index (χ1v) is 7.23. The Labute approximate surface area is 120 Å². The van der Waals surface area contributed by atoms with Gasteiger partial charge in [0.2, 0.25) is 0 Å². The molecule has 0 bridgehead atoms. The summed E-state index contributed by atoms with van der Waals surface area (Å²) in [6, 6.07) is 0. The highest BCUT2D eigenvalue weighted by atomic mass is 127. The van der Waals surface area contributed by atoms with Crippen molar-refractivity contribution in [3.05, 3.63) is 11.9 Å². The van der Waals surface area contributed by atoms with Crippen LogP contribution in [0, 0.1) is 5.92 Å². The fraction of sp³-hybridized carbons (Fsp3) is 0.667. The first-order chi connectivity index (χ1) is 8.40. The number of aryl methyl sites for hydroxylation is 1. The van der Waals surface area contributed by atoms with Crippen molar-refractivity contribution in [1.82, 2.24) is 15.0 Å². The van der Waals surface area contributed by atoms with Crippen LogP contribution in [0.25, 0.3) is 0 Å². The molecule has 0 radical (unpaired) electrons. The molecule has 0 aliphatic carbocycles. The monoisotopic (exact) mass is 363 g/mol. The average Bonchev–Trinajstić information content (AvgIpc) is 2.73. The van der Waals surface area contributed by atoms with Crippen LogP contribution in [0.3, 0.4) is 0 Å². The minimum Gasteiger partial charge on any atom is -0.299 e. The van der Waals surface area contributed by atoms with E-state index in [1.807, 2.05) is 20.8 Å². The van der Waals surface area contributed by atoms with Gasteiger partial charge in [-0.25, -0.2) is 0 Å². The molecule has 0 amide bonds. The van der Waals surface area contributed by atoms with Gasteiger partial charge in [0.05, 0.1) is 16.0 Å². The molecular weight excluding hydrogens is 345 g/mol. The highest BCUT2D eigenvalue weighted by Gasteiger charge is 2.13. The van der Waals surface area contributed by atoms with E-state index in [0.29, 0.717) is 25.1 Å². The molecule has 100 valence electrons.